The number of aromatic nitrogens is 1. The van der Waals surface area contributed by atoms with E-state index >= 15 is 0 Å². The summed E-state index contributed by atoms with van der Waals surface area (Å²) in [6.45, 7) is 7.07. The molecule has 2 radical (unpaired) electrons. The standard InChI is InChI=1S/C13H27.C7H8NS.Sn/c1-4-7-10-13(11-8-5-2)12-9-6-3;1-2-6(3-1)7-8-4-5-9-7;/h4-12H2,1-3H3;4,6H,1-3H2;. The summed E-state index contributed by atoms with van der Waals surface area (Å²) in [7, 11) is 0. The summed E-state index contributed by atoms with van der Waals surface area (Å²) in [6.07, 6.45) is 19.4. The molecule has 1 aromatic heterocycles. The van der Waals surface area contributed by atoms with Gasteiger partial charge in [-0.1, -0.05) is 0 Å². The van der Waals surface area contributed by atoms with Crippen molar-refractivity contribution in [1.29, 1.82) is 0 Å². The van der Waals surface area contributed by atoms with Gasteiger partial charge in [0, 0.05) is 0 Å². The van der Waals surface area contributed by atoms with Crippen LogP contribution in [0.2, 0.25) is 3.43 Å². The molecule has 1 fully saturated rings. The molecule has 3 heteroatoms. The third-order valence-corrected chi connectivity index (χ3v) is 12.7. The van der Waals surface area contributed by atoms with Crippen LogP contribution in [0, 0.1) is 0 Å². The molecule has 0 saturated heterocycles. The molecule has 1 heterocycles. The zero-order chi connectivity index (χ0) is 16.5. The average molecular weight is 440 g/mol. The number of rotatable bonds is 12. The Morgan fingerprint density at radius 1 is 1.04 bits per heavy atom. The Labute approximate surface area is 158 Å². The first kappa shape index (κ1) is 19.7. The number of hydrogen-bond donors (Lipinski definition) is 0. The number of nitrogens with zero attached hydrogens (tertiary/aromatic N) is 1. The van der Waals surface area contributed by atoms with Crippen LogP contribution in [0.1, 0.15) is 109 Å². The number of thiazole rings is 1. The minimum absolute atomic E-state index is 0.538. The van der Waals surface area contributed by atoms with Gasteiger partial charge in [-0.25, -0.2) is 0 Å². The summed E-state index contributed by atoms with van der Waals surface area (Å²) in [4.78, 5) is 4.82. The maximum absolute atomic E-state index is 4.82. The van der Waals surface area contributed by atoms with Gasteiger partial charge in [-0.3, -0.25) is 0 Å². The Hall–Kier alpha value is 0.429. The van der Waals surface area contributed by atoms with E-state index < -0.39 is 21.1 Å². The third kappa shape index (κ3) is 6.02. The van der Waals surface area contributed by atoms with Crippen molar-refractivity contribution in [2.24, 2.45) is 0 Å². The quantitative estimate of drug-likeness (QED) is 0.340. The molecular formula is C20H35NSSn. The van der Waals surface area contributed by atoms with E-state index in [9.17, 15) is 0 Å². The normalized spacial score (nSPS) is 15.8. The average Bonchev–Trinajstić information content (AvgIpc) is 2.94. The van der Waals surface area contributed by atoms with Crippen LogP contribution in [0.15, 0.2) is 6.20 Å². The molecule has 0 N–H and O–H groups in total. The molecule has 0 atom stereocenters. The first-order chi connectivity index (χ1) is 11.2. The Morgan fingerprint density at radius 2 is 1.61 bits per heavy atom. The van der Waals surface area contributed by atoms with Gasteiger partial charge in [-0.2, -0.15) is 0 Å². The molecule has 0 spiro atoms. The number of hydrogen-bond acceptors (Lipinski definition) is 2. The molecule has 0 aromatic carbocycles. The van der Waals surface area contributed by atoms with Crippen molar-refractivity contribution < 1.29 is 0 Å². The van der Waals surface area contributed by atoms with Crippen LogP contribution in [0.5, 0.6) is 0 Å². The van der Waals surface area contributed by atoms with E-state index in [0.29, 0.717) is 0 Å². The van der Waals surface area contributed by atoms with Gasteiger partial charge in [0.1, 0.15) is 0 Å². The van der Waals surface area contributed by atoms with Gasteiger partial charge in [-0.15, -0.1) is 0 Å². The van der Waals surface area contributed by atoms with E-state index in [4.69, 9.17) is 4.98 Å². The van der Waals surface area contributed by atoms with Crippen LogP contribution in [0.25, 0.3) is 0 Å². The fraction of sp³-hybridized carbons (Fsp3) is 0.850. The van der Waals surface area contributed by atoms with Crippen molar-refractivity contribution in [3.63, 3.8) is 0 Å². The van der Waals surface area contributed by atoms with E-state index in [1.54, 1.807) is 2.89 Å². The fourth-order valence-electron chi connectivity index (χ4n) is 3.56. The Bertz CT molecular complexity index is 417. The van der Waals surface area contributed by atoms with E-state index in [1.807, 2.05) is 0 Å². The van der Waals surface area contributed by atoms with Gasteiger partial charge in [0.2, 0.25) is 0 Å². The Morgan fingerprint density at radius 3 is 2.04 bits per heavy atom. The molecule has 1 saturated carbocycles. The molecule has 0 unspecified atom stereocenters. The predicted molar refractivity (Wildman–Crippen MR) is 105 cm³/mol. The van der Waals surface area contributed by atoms with Crippen molar-refractivity contribution in [2.45, 2.75) is 107 Å². The summed E-state index contributed by atoms with van der Waals surface area (Å²) in [6, 6.07) is 0. The molecule has 0 bridgehead atoms. The summed E-state index contributed by atoms with van der Waals surface area (Å²) >= 11 is 1.57. The molecule has 0 aliphatic heterocycles. The molecule has 130 valence electrons. The van der Waals surface area contributed by atoms with Crippen molar-refractivity contribution in [2.75, 3.05) is 0 Å². The van der Waals surface area contributed by atoms with E-state index in [1.165, 1.54) is 82.1 Å². The number of unbranched alkanes of at least 4 members (excludes halogenated alkanes) is 3. The topological polar surface area (TPSA) is 12.9 Å². The van der Waals surface area contributed by atoms with Gasteiger partial charge in [0.25, 0.3) is 0 Å². The molecule has 2 rings (SSSR count). The summed E-state index contributed by atoms with van der Waals surface area (Å²) in [5, 5.41) is 1.47. The van der Waals surface area contributed by atoms with Crippen LogP contribution in [0.4, 0.5) is 0 Å². The second-order valence-corrected chi connectivity index (χ2v) is 14.8. The second-order valence-electron chi connectivity index (χ2n) is 7.41. The van der Waals surface area contributed by atoms with E-state index in [-0.39, 0.29) is 0 Å². The fourth-order valence-corrected chi connectivity index (χ4v) is 11.7. The van der Waals surface area contributed by atoms with Gasteiger partial charge < -0.3 is 0 Å². The van der Waals surface area contributed by atoms with E-state index in [2.05, 4.69) is 38.3 Å². The van der Waals surface area contributed by atoms with Crippen LogP contribution < -0.4 is 2.89 Å². The summed E-state index contributed by atoms with van der Waals surface area (Å²) < 4.78 is 2.45. The summed E-state index contributed by atoms with van der Waals surface area (Å²) in [5.41, 5.74) is 0. The summed E-state index contributed by atoms with van der Waals surface area (Å²) in [5.74, 6) is 0.824. The van der Waals surface area contributed by atoms with Crippen LogP contribution >= 0.6 is 11.3 Å². The van der Waals surface area contributed by atoms with Crippen molar-refractivity contribution >= 4 is 35.4 Å². The Balaban J connectivity index is 2.07. The van der Waals surface area contributed by atoms with Gasteiger partial charge >= 0.3 is 159 Å². The van der Waals surface area contributed by atoms with Gasteiger partial charge in [0.15, 0.2) is 0 Å². The molecule has 1 aromatic rings. The van der Waals surface area contributed by atoms with E-state index in [0.717, 1.165) is 9.35 Å². The molecule has 1 aliphatic rings. The first-order valence-electron chi connectivity index (χ1n) is 9.97. The maximum atomic E-state index is 4.82. The van der Waals surface area contributed by atoms with Crippen molar-refractivity contribution in [3.05, 3.63) is 11.2 Å². The molecule has 23 heavy (non-hydrogen) atoms. The molecule has 0 amide bonds. The zero-order valence-electron chi connectivity index (χ0n) is 15.5. The van der Waals surface area contributed by atoms with Crippen LogP contribution in [-0.4, -0.2) is 26.1 Å². The van der Waals surface area contributed by atoms with Crippen molar-refractivity contribution in [3.8, 4) is 0 Å². The monoisotopic (exact) mass is 441 g/mol. The zero-order valence-corrected chi connectivity index (χ0v) is 19.2. The molecule has 1 nitrogen and oxygen atoms in total. The SMILES string of the molecule is CCCC[C](CCCC)(CCCC)[Sn][c]1cnc(C2CCC2)s1. The molecule has 1 aliphatic carbocycles. The predicted octanol–water partition coefficient (Wildman–Crippen LogP) is 6.47. The van der Waals surface area contributed by atoms with Crippen LogP contribution in [-0.2, 0) is 0 Å². The van der Waals surface area contributed by atoms with Crippen LogP contribution in [0.3, 0.4) is 0 Å². The van der Waals surface area contributed by atoms with Crippen molar-refractivity contribution in [1.82, 2.24) is 4.98 Å². The minimum atomic E-state index is -0.538. The van der Waals surface area contributed by atoms with Gasteiger partial charge in [0.05, 0.1) is 0 Å². The first-order valence-corrected chi connectivity index (χ1v) is 13.6. The van der Waals surface area contributed by atoms with Gasteiger partial charge in [-0.05, 0) is 0 Å². The molecular weight excluding hydrogens is 405 g/mol. The Kier molecular flexibility index (Phi) is 8.95. The second kappa shape index (κ2) is 10.4. The third-order valence-electron chi connectivity index (χ3n) is 5.39.